The van der Waals surface area contributed by atoms with Crippen LogP contribution in [0, 0.1) is 10.1 Å². The molecule has 0 aliphatic carbocycles. The molecular weight excluding hydrogens is 388 g/mol. The molecule has 146 valence electrons. The third-order valence-corrected chi connectivity index (χ3v) is 3.71. The minimum atomic E-state index is -0.714. The maximum absolute atomic E-state index is 11.9. The summed E-state index contributed by atoms with van der Waals surface area (Å²) in [7, 11) is 0. The molecule has 0 unspecified atom stereocenters. The van der Waals surface area contributed by atoms with Gasteiger partial charge in [-0.1, -0.05) is 23.7 Å². The zero-order valence-electron chi connectivity index (χ0n) is 14.9. The van der Waals surface area contributed by atoms with E-state index in [1.54, 1.807) is 24.3 Å². The largest absolute Gasteiger partial charge is 0.494 e. The second-order valence-electron chi connectivity index (χ2n) is 5.41. The fourth-order valence-electron chi connectivity index (χ4n) is 2.10. The Morgan fingerprint density at radius 3 is 2.57 bits per heavy atom. The van der Waals surface area contributed by atoms with Crippen molar-refractivity contribution in [2.24, 2.45) is 0 Å². The number of rotatable bonds is 8. The van der Waals surface area contributed by atoms with E-state index in [0.29, 0.717) is 6.61 Å². The van der Waals surface area contributed by atoms with Crippen LogP contribution in [0.4, 0.5) is 11.4 Å². The molecule has 0 heterocycles. The summed E-state index contributed by atoms with van der Waals surface area (Å²) >= 11 is 5.89. The number of benzene rings is 2. The first kappa shape index (κ1) is 20.9. The Labute approximate surface area is 165 Å². The molecular formula is C19H17ClN2O6. The van der Waals surface area contributed by atoms with Crippen molar-refractivity contribution in [3.8, 4) is 5.75 Å². The van der Waals surface area contributed by atoms with E-state index >= 15 is 0 Å². The molecule has 0 radical (unpaired) electrons. The summed E-state index contributed by atoms with van der Waals surface area (Å²) in [5.41, 5.74) is 0.588. The number of nitrogens with zero attached hydrogens (tertiary/aromatic N) is 1. The van der Waals surface area contributed by atoms with Gasteiger partial charge in [-0.3, -0.25) is 14.9 Å². The molecule has 2 aromatic rings. The van der Waals surface area contributed by atoms with Gasteiger partial charge in [0.15, 0.2) is 6.61 Å². The predicted octanol–water partition coefficient (Wildman–Crippen LogP) is 3.84. The number of non-ortho nitro benzene ring substituents is 1. The molecule has 1 amide bonds. The molecule has 0 saturated heterocycles. The first-order chi connectivity index (χ1) is 13.4. The van der Waals surface area contributed by atoms with Crippen molar-refractivity contribution >= 4 is 40.9 Å². The van der Waals surface area contributed by atoms with Gasteiger partial charge < -0.3 is 14.8 Å². The average Bonchev–Trinajstić information content (AvgIpc) is 2.67. The molecule has 0 aromatic heterocycles. The van der Waals surface area contributed by atoms with Gasteiger partial charge in [0, 0.05) is 18.2 Å². The molecule has 9 heteroatoms. The number of nitro groups is 1. The molecule has 0 bridgehead atoms. The number of amides is 1. The second kappa shape index (κ2) is 10.1. The third-order valence-electron chi connectivity index (χ3n) is 3.38. The lowest BCUT2D eigenvalue weighted by Gasteiger charge is -2.07. The lowest BCUT2D eigenvalue weighted by atomic mass is 10.2. The highest BCUT2D eigenvalue weighted by Gasteiger charge is 2.13. The van der Waals surface area contributed by atoms with Crippen LogP contribution < -0.4 is 10.1 Å². The van der Waals surface area contributed by atoms with Crippen molar-refractivity contribution in [3.05, 3.63) is 69.2 Å². The topological polar surface area (TPSA) is 108 Å². The maximum atomic E-state index is 11.9. The number of hydrogen-bond acceptors (Lipinski definition) is 6. The fraction of sp³-hybridized carbons (Fsp3) is 0.158. The van der Waals surface area contributed by atoms with Gasteiger partial charge in [-0.15, -0.1) is 0 Å². The Morgan fingerprint density at radius 1 is 1.21 bits per heavy atom. The SMILES string of the molecule is CCOc1ccc(/C=C/C(=O)OCC(=O)Nc2cc([N+](=O)[O-])ccc2Cl)cc1. The van der Waals surface area contributed by atoms with Gasteiger partial charge in [0.2, 0.25) is 0 Å². The maximum Gasteiger partial charge on any atom is 0.331 e. The second-order valence-corrected chi connectivity index (χ2v) is 5.82. The van der Waals surface area contributed by atoms with Crippen molar-refractivity contribution in [2.75, 3.05) is 18.5 Å². The normalized spacial score (nSPS) is 10.5. The van der Waals surface area contributed by atoms with E-state index in [1.165, 1.54) is 24.3 Å². The van der Waals surface area contributed by atoms with Gasteiger partial charge in [0.25, 0.3) is 11.6 Å². The van der Waals surface area contributed by atoms with E-state index in [9.17, 15) is 19.7 Å². The first-order valence-electron chi connectivity index (χ1n) is 8.20. The molecule has 0 saturated carbocycles. The summed E-state index contributed by atoms with van der Waals surface area (Å²) in [6.07, 6.45) is 2.72. The van der Waals surface area contributed by atoms with Crippen molar-refractivity contribution in [1.82, 2.24) is 0 Å². The number of halogens is 1. The van der Waals surface area contributed by atoms with Gasteiger partial charge >= 0.3 is 5.97 Å². The van der Waals surface area contributed by atoms with Crippen LogP contribution in [-0.2, 0) is 14.3 Å². The average molecular weight is 405 g/mol. The van der Waals surface area contributed by atoms with Gasteiger partial charge in [0.1, 0.15) is 5.75 Å². The standard InChI is InChI=1S/C19H17ClN2O6/c1-2-27-15-7-3-13(4-8-15)5-10-19(24)28-12-18(23)21-17-11-14(22(25)26)6-9-16(17)20/h3-11H,2,12H2,1H3,(H,21,23)/b10-5+. The Kier molecular flexibility index (Phi) is 7.53. The van der Waals surface area contributed by atoms with Crippen LogP contribution in [0.3, 0.4) is 0 Å². The van der Waals surface area contributed by atoms with Crippen LogP contribution in [0.15, 0.2) is 48.5 Å². The van der Waals surface area contributed by atoms with E-state index in [0.717, 1.165) is 17.4 Å². The number of ether oxygens (including phenoxy) is 2. The Hall–Kier alpha value is -3.39. The highest BCUT2D eigenvalue weighted by atomic mass is 35.5. The first-order valence-corrected chi connectivity index (χ1v) is 8.58. The quantitative estimate of drug-likeness (QED) is 0.310. The molecule has 0 spiro atoms. The fourth-order valence-corrected chi connectivity index (χ4v) is 2.26. The minimum absolute atomic E-state index is 0.0573. The molecule has 0 fully saturated rings. The predicted molar refractivity (Wildman–Crippen MR) is 104 cm³/mol. The number of carbonyl (C=O) groups is 2. The van der Waals surface area contributed by atoms with Crippen LogP contribution in [0.5, 0.6) is 5.75 Å². The van der Waals surface area contributed by atoms with Crippen LogP contribution in [0.1, 0.15) is 12.5 Å². The molecule has 2 aromatic carbocycles. The van der Waals surface area contributed by atoms with Gasteiger partial charge in [-0.2, -0.15) is 0 Å². The van der Waals surface area contributed by atoms with Crippen molar-refractivity contribution in [2.45, 2.75) is 6.92 Å². The van der Waals surface area contributed by atoms with Crippen molar-refractivity contribution < 1.29 is 24.0 Å². The number of hydrogen-bond donors (Lipinski definition) is 1. The summed E-state index contributed by atoms with van der Waals surface area (Å²) in [5, 5.41) is 13.3. The van der Waals surface area contributed by atoms with E-state index < -0.39 is 23.4 Å². The monoisotopic (exact) mass is 404 g/mol. The molecule has 28 heavy (non-hydrogen) atoms. The van der Waals surface area contributed by atoms with Crippen LogP contribution in [-0.4, -0.2) is 30.0 Å². The smallest absolute Gasteiger partial charge is 0.331 e. The molecule has 2 rings (SSSR count). The van der Waals surface area contributed by atoms with E-state index in [4.69, 9.17) is 21.1 Å². The number of carbonyl (C=O) groups excluding carboxylic acids is 2. The van der Waals surface area contributed by atoms with Gasteiger partial charge in [-0.05, 0) is 36.8 Å². The van der Waals surface area contributed by atoms with Gasteiger partial charge in [-0.25, -0.2) is 4.79 Å². The van der Waals surface area contributed by atoms with Crippen LogP contribution in [0.25, 0.3) is 6.08 Å². The number of esters is 1. The zero-order chi connectivity index (χ0) is 20.5. The molecule has 0 aliphatic heterocycles. The summed E-state index contributed by atoms with van der Waals surface area (Å²) in [6.45, 7) is 1.88. The number of anilines is 1. The summed E-state index contributed by atoms with van der Waals surface area (Å²) in [6, 6.07) is 10.7. The molecule has 1 N–H and O–H groups in total. The van der Waals surface area contributed by atoms with Gasteiger partial charge in [0.05, 0.1) is 22.2 Å². The summed E-state index contributed by atoms with van der Waals surface area (Å²) in [5.74, 6) is -0.668. The number of nitrogens with one attached hydrogen (secondary N) is 1. The Balaban J connectivity index is 1.86. The third kappa shape index (κ3) is 6.40. The van der Waals surface area contributed by atoms with E-state index in [1.807, 2.05) is 6.92 Å². The van der Waals surface area contributed by atoms with Crippen LogP contribution >= 0.6 is 11.6 Å². The lowest BCUT2D eigenvalue weighted by molar-refractivity contribution is -0.384. The molecule has 8 nitrogen and oxygen atoms in total. The van der Waals surface area contributed by atoms with E-state index in [-0.39, 0.29) is 16.4 Å². The zero-order valence-corrected chi connectivity index (χ0v) is 15.6. The minimum Gasteiger partial charge on any atom is -0.494 e. The molecule has 0 aliphatic rings. The number of nitro benzene ring substituents is 1. The van der Waals surface area contributed by atoms with Crippen LogP contribution in [0.2, 0.25) is 5.02 Å². The lowest BCUT2D eigenvalue weighted by Crippen LogP contribution is -2.20. The van der Waals surface area contributed by atoms with Crippen molar-refractivity contribution in [3.63, 3.8) is 0 Å². The highest BCUT2D eigenvalue weighted by molar-refractivity contribution is 6.33. The Bertz CT molecular complexity index is 896. The summed E-state index contributed by atoms with van der Waals surface area (Å²) < 4.78 is 10.2. The van der Waals surface area contributed by atoms with Crippen molar-refractivity contribution in [1.29, 1.82) is 0 Å². The Morgan fingerprint density at radius 2 is 1.93 bits per heavy atom. The van der Waals surface area contributed by atoms with E-state index in [2.05, 4.69) is 5.32 Å². The summed E-state index contributed by atoms with van der Waals surface area (Å²) in [4.78, 5) is 33.8. The molecule has 0 atom stereocenters. The highest BCUT2D eigenvalue weighted by Crippen LogP contribution is 2.26.